The third-order valence-corrected chi connectivity index (χ3v) is 8.15. The van der Waals surface area contributed by atoms with Crippen LogP contribution >= 0.6 is 12.2 Å². The van der Waals surface area contributed by atoms with Crippen LogP contribution in [-0.2, 0) is 0 Å². The van der Waals surface area contributed by atoms with Gasteiger partial charge in [-0.2, -0.15) is 0 Å². The fraction of sp³-hybridized carbons (Fsp3) is 0.321. The summed E-state index contributed by atoms with van der Waals surface area (Å²) in [6, 6.07) is 7.61. The van der Waals surface area contributed by atoms with Gasteiger partial charge in [0, 0.05) is 35.2 Å². The lowest BCUT2D eigenvalue weighted by atomic mass is 9.80. The number of quaternary nitrogens is 1. The van der Waals surface area contributed by atoms with E-state index in [-0.39, 0.29) is 15.6 Å². The molecule has 0 bridgehead atoms. The lowest BCUT2D eigenvalue weighted by molar-refractivity contribution is -0.918. The molecule has 2 aromatic heterocycles. The molecule has 6 rings (SSSR count). The zero-order chi connectivity index (χ0) is 25.1. The molecule has 1 aliphatic carbocycles. The molecule has 2 unspecified atom stereocenters. The van der Waals surface area contributed by atoms with Crippen LogP contribution in [-0.4, -0.2) is 28.7 Å². The van der Waals surface area contributed by atoms with E-state index in [0.717, 1.165) is 55.5 Å². The van der Waals surface area contributed by atoms with Gasteiger partial charge in [-0.1, -0.05) is 18.2 Å². The van der Waals surface area contributed by atoms with Gasteiger partial charge in [-0.25, -0.2) is 4.79 Å². The average Bonchev–Trinajstić information content (AvgIpc) is 2.85. The topological polar surface area (TPSA) is 95.5 Å². The predicted molar refractivity (Wildman–Crippen MR) is 138 cm³/mol. The van der Waals surface area contributed by atoms with Crippen molar-refractivity contribution in [2.45, 2.75) is 45.6 Å². The molecule has 2 aliphatic heterocycles. The minimum Gasteiger partial charge on any atom is -0.859 e. The molecule has 184 valence electrons. The lowest BCUT2D eigenvalue weighted by Gasteiger charge is -2.40. The number of rotatable bonds is 2. The Bertz CT molecular complexity index is 1760. The lowest BCUT2D eigenvalue weighted by Crippen LogP contribution is -3.17. The summed E-state index contributed by atoms with van der Waals surface area (Å²) < 4.78 is 7.25. The monoisotopic (exact) mass is 501 g/mol. The Kier molecular flexibility index (Phi) is 5.46. The predicted octanol–water partition coefficient (Wildman–Crippen LogP) is 0.756. The minimum atomic E-state index is -0.627. The van der Waals surface area contributed by atoms with Crippen molar-refractivity contribution in [2.24, 2.45) is 0 Å². The first kappa shape index (κ1) is 22.9. The second-order valence-corrected chi connectivity index (χ2v) is 10.3. The van der Waals surface area contributed by atoms with Crippen molar-refractivity contribution < 1.29 is 14.4 Å². The highest BCUT2D eigenvalue weighted by molar-refractivity contribution is 7.71. The van der Waals surface area contributed by atoms with E-state index in [2.05, 4.69) is 11.1 Å². The Morgan fingerprint density at radius 3 is 2.69 bits per heavy atom. The Labute approximate surface area is 212 Å². The highest BCUT2D eigenvalue weighted by Gasteiger charge is 2.39. The van der Waals surface area contributed by atoms with Crippen LogP contribution in [0, 0.1) is 18.6 Å². The number of aryl methyl sites for hydroxylation is 1. The van der Waals surface area contributed by atoms with Crippen molar-refractivity contribution in [3.63, 3.8) is 0 Å². The van der Waals surface area contributed by atoms with Crippen LogP contribution in [0.15, 0.2) is 43.8 Å². The van der Waals surface area contributed by atoms with E-state index in [0.29, 0.717) is 17.1 Å². The summed E-state index contributed by atoms with van der Waals surface area (Å²) in [6.07, 6.45) is 7.72. The van der Waals surface area contributed by atoms with E-state index in [9.17, 15) is 14.7 Å². The van der Waals surface area contributed by atoms with Gasteiger partial charge in [-0.15, -0.1) is 0 Å². The number of hydrogen-bond acceptors (Lipinski definition) is 5. The molecule has 2 saturated heterocycles. The smallest absolute Gasteiger partial charge is 0.343 e. The van der Waals surface area contributed by atoms with Crippen LogP contribution in [0.4, 0.5) is 0 Å². The average molecular weight is 502 g/mol. The fourth-order valence-electron chi connectivity index (χ4n) is 6.13. The second-order valence-electron chi connectivity index (χ2n) is 9.96. The SMILES string of the molecule is Cc1ccccc1-n1c([O-])c(C=c2c(C)c3c(oc2=O)=C2CCC[NH+]4CCCC(=C3)C24)c(=O)[nH]c1=S. The highest BCUT2D eigenvalue weighted by atomic mass is 32.1. The minimum absolute atomic E-state index is 0.0134. The van der Waals surface area contributed by atoms with E-state index >= 15 is 0 Å². The van der Waals surface area contributed by atoms with Crippen molar-refractivity contribution in [1.82, 2.24) is 9.55 Å². The number of aromatic nitrogens is 2. The third-order valence-electron chi connectivity index (χ3n) is 7.87. The summed E-state index contributed by atoms with van der Waals surface area (Å²) in [5.74, 6) is -0.568. The van der Waals surface area contributed by atoms with Gasteiger partial charge in [0.25, 0.3) is 5.56 Å². The van der Waals surface area contributed by atoms with Crippen molar-refractivity contribution in [3.05, 3.63) is 88.3 Å². The van der Waals surface area contributed by atoms with Gasteiger partial charge in [0.15, 0.2) is 4.77 Å². The molecule has 1 aromatic carbocycles. The molecule has 0 amide bonds. The fourth-order valence-corrected chi connectivity index (χ4v) is 6.41. The molecule has 0 saturated carbocycles. The molecule has 3 aromatic rings. The maximum absolute atomic E-state index is 13.5. The van der Waals surface area contributed by atoms with Crippen molar-refractivity contribution in [1.29, 1.82) is 0 Å². The third kappa shape index (κ3) is 3.47. The van der Waals surface area contributed by atoms with Gasteiger partial charge in [0.2, 0.25) is 0 Å². The van der Waals surface area contributed by atoms with Gasteiger partial charge in [-0.3, -0.25) is 9.78 Å². The molecule has 7 nitrogen and oxygen atoms in total. The standard InChI is InChI=1S/C28H27N3O4S/c1-15-7-3-4-10-22(15)31-26(33)21(25(32)29-28(31)36)14-20-16(2)19-13-17-8-5-11-30-12-6-9-18(23(17)30)24(19)35-27(20)34/h3-4,7,10,13-14,23,33H,5-6,8-9,11-12H2,1-2H3,(H,29,32,36). The van der Waals surface area contributed by atoms with Gasteiger partial charge < -0.3 is 19.0 Å². The summed E-state index contributed by atoms with van der Waals surface area (Å²) in [6.45, 7) is 6.02. The summed E-state index contributed by atoms with van der Waals surface area (Å²) in [7, 11) is 0. The second kappa shape index (κ2) is 8.57. The van der Waals surface area contributed by atoms with Gasteiger partial charge >= 0.3 is 5.63 Å². The Morgan fingerprint density at radius 1 is 1.17 bits per heavy atom. The number of aromatic amines is 1. The summed E-state index contributed by atoms with van der Waals surface area (Å²) >= 11 is 5.32. The molecular weight excluding hydrogens is 474 g/mol. The summed E-state index contributed by atoms with van der Waals surface area (Å²) in [5, 5.41) is 13.7. The molecule has 2 fully saturated rings. The van der Waals surface area contributed by atoms with E-state index < -0.39 is 17.1 Å². The molecular formula is C28H27N3O4S. The molecule has 3 aliphatic rings. The molecule has 4 heterocycles. The zero-order valence-corrected chi connectivity index (χ0v) is 21.1. The summed E-state index contributed by atoms with van der Waals surface area (Å²) in [4.78, 5) is 30.3. The summed E-state index contributed by atoms with van der Waals surface area (Å²) in [5.41, 5.74) is 4.99. The molecule has 2 atom stereocenters. The number of hydrogen-bond donors (Lipinski definition) is 2. The highest BCUT2D eigenvalue weighted by Crippen LogP contribution is 2.29. The first-order valence-electron chi connectivity index (χ1n) is 12.4. The van der Waals surface area contributed by atoms with E-state index in [4.69, 9.17) is 16.6 Å². The number of nitrogens with zero attached hydrogens (tertiary/aromatic N) is 1. The van der Waals surface area contributed by atoms with Gasteiger partial charge in [0.1, 0.15) is 11.5 Å². The Balaban J connectivity index is 1.62. The maximum atomic E-state index is 13.5. The van der Waals surface area contributed by atoms with Crippen molar-refractivity contribution >= 4 is 29.9 Å². The number of benzene rings is 1. The van der Waals surface area contributed by atoms with Crippen LogP contribution < -0.4 is 31.8 Å². The maximum Gasteiger partial charge on any atom is 0.343 e. The van der Waals surface area contributed by atoms with E-state index in [1.807, 2.05) is 26.0 Å². The number of H-pyrrole nitrogens is 1. The normalized spacial score (nSPS) is 21.1. The quantitative estimate of drug-likeness (QED) is 0.506. The molecule has 8 heteroatoms. The van der Waals surface area contributed by atoms with Crippen LogP contribution in [0.5, 0.6) is 5.88 Å². The van der Waals surface area contributed by atoms with Crippen LogP contribution in [0.25, 0.3) is 23.4 Å². The molecule has 36 heavy (non-hydrogen) atoms. The Morgan fingerprint density at radius 2 is 1.92 bits per heavy atom. The van der Waals surface area contributed by atoms with E-state index in [1.54, 1.807) is 17.0 Å². The number of fused-ring (bicyclic) bond motifs is 1. The first-order valence-corrected chi connectivity index (χ1v) is 12.8. The first-order chi connectivity index (χ1) is 17.3. The van der Waals surface area contributed by atoms with Crippen LogP contribution in [0.3, 0.4) is 0 Å². The van der Waals surface area contributed by atoms with Crippen LogP contribution in [0.1, 0.15) is 47.9 Å². The van der Waals surface area contributed by atoms with Gasteiger partial charge in [-0.05, 0) is 79.7 Å². The molecule has 0 radical (unpaired) electrons. The molecule has 0 spiro atoms. The largest absolute Gasteiger partial charge is 0.859 e. The zero-order valence-electron chi connectivity index (χ0n) is 20.3. The number of piperidine rings is 2. The van der Waals surface area contributed by atoms with Gasteiger partial charge in [0.05, 0.1) is 18.3 Å². The Hall–Kier alpha value is -3.49. The van der Waals surface area contributed by atoms with Crippen molar-refractivity contribution in [3.8, 4) is 11.6 Å². The van der Waals surface area contributed by atoms with E-state index in [1.165, 1.54) is 21.8 Å². The number of para-hydroxylation sites is 1. The molecule has 2 N–H and O–H groups in total. The van der Waals surface area contributed by atoms with Crippen LogP contribution in [0.2, 0.25) is 0 Å². The van der Waals surface area contributed by atoms with Crippen molar-refractivity contribution in [2.75, 3.05) is 13.1 Å². The number of nitrogens with one attached hydrogen (secondary N) is 2.